The summed E-state index contributed by atoms with van der Waals surface area (Å²) in [6.45, 7) is 0. The molecule has 1 aliphatic rings. The van der Waals surface area contributed by atoms with E-state index in [4.69, 9.17) is 0 Å². The minimum Gasteiger partial charge on any atom is -0.372 e. The lowest BCUT2D eigenvalue weighted by Crippen LogP contribution is -2.29. The van der Waals surface area contributed by atoms with Crippen LogP contribution in [0.2, 0.25) is 0 Å². The Morgan fingerprint density at radius 1 is 1.53 bits per heavy atom. The first-order valence-electron chi connectivity index (χ1n) is 5.28. The van der Waals surface area contributed by atoms with Crippen molar-refractivity contribution in [3.8, 4) is 0 Å². The van der Waals surface area contributed by atoms with Gasteiger partial charge in [0.2, 0.25) is 10.0 Å². The van der Waals surface area contributed by atoms with E-state index >= 15 is 0 Å². The van der Waals surface area contributed by atoms with Gasteiger partial charge in [-0.1, -0.05) is 0 Å². The van der Waals surface area contributed by atoms with Gasteiger partial charge in [-0.25, -0.2) is 13.4 Å². The summed E-state index contributed by atoms with van der Waals surface area (Å²) in [4.78, 5) is 4.27. The molecule has 1 N–H and O–H groups in total. The van der Waals surface area contributed by atoms with Crippen molar-refractivity contribution in [3.63, 3.8) is 0 Å². The van der Waals surface area contributed by atoms with E-state index < -0.39 is 10.0 Å². The summed E-state index contributed by atoms with van der Waals surface area (Å²) in [5.41, 5.74) is 0. The summed E-state index contributed by atoms with van der Waals surface area (Å²) in [5, 5.41) is 2.81. The molecule has 7 heteroatoms. The molecule has 1 aliphatic carbocycles. The summed E-state index contributed by atoms with van der Waals surface area (Å²) in [6, 6.07) is 1.72. The molecule has 0 amide bonds. The van der Waals surface area contributed by atoms with Crippen molar-refractivity contribution in [1.29, 1.82) is 0 Å². The van der Waals surface area contributed by atoms with E-state index in [0.717, 1.165) is 12.8 Å². The average Bonchev–Trinajstić information content (AvgIpc) is 3.11. The van der Waals surface area contributed by atoms with E-state index in [0.29, 0.717) is 10.3 Å². The number of hydrogen-bond donors (Lipinski definition) is 1. The first-order chi connectivity index (χ1) is 7.96. The molecule has 0 aromatic carbocycles. The van der Waals surface area contributed by atoms with Crippen LogP contribution in [0.25, 0.3) is 0 Å². The number of hydrogen-bond acceptors (Lipinski definition) is 4. The van der Waals surface area contributed by atoms with E-state index in [1.807, 2.05) is 0 Å². The summed E-state index contributed by atoms with van der Waals surface area (Å²) in [6.07, 6.45) is 3.44. The van der Waals surface area contributed by atoms with E-state index in [1.165, 1.54) is 4.31 Å². The highest BCUT2D eigenvalue weighted by Gasteiger charge is 2.36. The second kappa shape index (κ2) is 4.55. The molecule has 0 bridgehead atoms. The number of nitrogens with zero attached hydrogens (tertiary/aromatic N) is 2. The second-order valence-corrected chi connectivity index (χ2v) is 6.88. The Kier molecular flexibility index (Phi) is 3.42. The van der Waals surface area contributed by atoms with Crippen LogP contribution in [0.1, 0.15) is 12.8 Å². The Labute approximate surface area is 109 Å². The van der Waals surface area contributed by atoms with E-state index in [1.54, 1.807) is 26.4 Å². The lowest BCUT2D eigenvalue weighted by molar-refractivity contribution is 0.464. The van der Waals surface area contributed by atoms with Gasteiger partial charge in [-0.15, -0.1) is 0 Å². The smallest absolute Gasteiger partial charge is 0.246 e. The van der Waals surface area contributed by atoms with Crippen LogP contribution >= 0.6 is 15.9 Å². The van der Waals surface area contributed by atoms with E-state index in [2.05, 4.69) is 26.2 Å². The molecule has 17 heavy (non-hydrogen) atoms. The Morgan fingerprint density at radius 2 is 2.18 bits per heavy atom. The maximum absolute atomic E-state index is 12.4. The molecule has 0 aliphatic heterocycles. The fourth-order valence-corrected chi connectivity index (χ4v) is 3.67. The maximum atomic E-state index is 12.4. The molecule has 0 radical (unpaired) electrons. The zero-order valence-corrected chi connectivity index (χ0v) is 12.0. The van der Waals surface area contributed by atoms with Gasteiger partial charge in [-0.05, 0) is 34.8 Å². The highest BCUT2D eigenvalue weighted by molar-refractivity contribution is 9.10. The van der Waals surface area contributed by atoms with Crippen molar-refractivity contribution < 1.29 is 8.42 Å². The Morgan fingerprint density at radius 3 is 2.71 bits per heavy atom. The van der Waals surface area contributed by atoms with Gasteiger partial charge in [0.1, 0.15) is 10.7 Å². The van der Waals surface area contributed by atoms with Crippen LogP contribution in [0.15, 0.2) is 21.6 Å². The Bertz CT molecular complexity index is 528. The number of rotatable bonds is 4. The minimum absolute atomic E-state index is 0.142. The number of aromatic nitrogens is 1. The van der Waals surface area contributed by atoms with Crippen molar-refractivity contribution >= 4 is 31.8 Å². The lowest BCUT2D eigenvalue weighted by Gasteiger charge is -2.18. The topological polar surface area (TPSA) is 62.3 Å². The van der Waals surface area contributed by atoms with E-state index in [9.17, 15) is 8.42 Å². The lowest BCUT2D eigenvalue weighted by atomic mass is 10.4. The van der Waals surface area contributed by atoms with Gasteiger partial charge in [0.25, 0.3) is 0 Å². The third kappa shape index (κ3) is 2.46. The second-order valence-electron chi connectivity index (χ2n) is 4.00. The molecule has 2 rings (SSSR count). The minimum atomic E-state index is -3.46. The van der Waals surface area contributed by atoms with Crippen molar-refractivity contribution in [3.05, 3.63) is 16.7 Å². The van der Waals surface area contributed by atoms with Gasteiger partial charge in [-0.3, -0.25) is 0 Å². The quantitative estimate of drug-likeness (QED) is 0.917. The molecule has 5 nitrogen and oxygen atoms in total. The summed E-state index contributed by atoms with van der Waals surface area (Å²) < 4.78 is 26.8. The van der Waals surface area contributed by atoms with Crippen LogP contribution in [-0.4, -0.2) is 37.8 Å². The zero-order chi connectivity index (χ0) is 12.6. The standard InChI is InChI=1S/C10H14BrN3O2S/c1-12-10-9(5-7(11)6-13-10)17(15,16)14(2)8-3-4-8/h5-6,8H,3-4H2,1-2H3,(H,12,13). The number of halogens is 1. The molecule has 0 unspecified atom stereocenters. The Balaban J connectivity index is 2.47. The largest absolute Gasteiger partial charge is 0.372 e. The molecule has 1 fully saturated rings. The molecule has 1 heterocycles. The zero-order valence-electron chi connectivity index (χ0n) is 9.64. The summed E-state index contributed by atoms with van der Waals surface area (Å²) in [7, 11) is -0.185. The fourth-order valence-electron chi connectivity index (χ4n) is 1.59. The number of nitrogens with one attached hydrogen (secondary N) is 1. The molecular formula is C10H14BrN3O2S. The van der Waals surface area contributed by atoms with Crippen LogP contribution < -0.4 is 5.32 Å². The van der Waals surface area contributed by atoms with Crippen LogP contribution in [0.5, 0.6) is 0 Å². The SMILES string of the molecule is CNc1ncc(Br)cc1S(=O)(=O)N(C)C1CC1. The number of pyridine rings is 1. The van der Waals surface area contributed by atoms with Crippen molar-refractivity contribution in [2.45, 2.75) is 23.8 Å². The van der Waals surface area contributed by atoms with Crippen LogP contribution in [0.4, 0.5) is 5.82 Å². The van der Waals surface area contributed by atoms with Crippen molar-refractivity contribution in [2.24, 2.45) is 0 Å². The van der Waals surface area contributed by atoms with Crippen molar-refractivity contribution in [2.75, 3.05) is 19.4 Å². The molecule has 1 aromatic rings. The highest BCUT2D eigenvalue weighted by Crippen LogP contribution is 2.33. The number of sulfonamides is 1. The van der Waals surface area contributed by atoms with E-state index in [-0.39, 0.29) is 10.9 Å². The van der Waals surface area contributed by atoms with Gasteiger partial charge in [0, 0.05) is 30.8 Å². The highest BCUT2D eigenvalue weighted by atomic mass is 79.9. The van der Waals surface area contributed by atoms with Gasteiger partial charge in [-0.2, -0.15) is 4.31 Å². The predicted molar refractivity (Wildman–Crippen MR) is 69.5 cm³/mol. The normalized spacial score (nSPS) is 16.2. The monoisotopic (exact) mass is 319 g/mol. The number of anilines is 1. The Hall–Kier alpha value is -0.660. The van der Waals surface area contributed by atoms with Crippen LogP contribution in [0.3, 0.4) is 0 Å². The van der Waals surface area contributed by atoms with Crippen molar-refractivity contribution in [1.82, 2.24) is 9.29 Å². The molecule has 94 valence electrons. The molecule has 0 spiro atoms. The summed E-state index contributed by atoms with van der Waals surface area (Å²) >= 11 is 3.25. The van der Waals surface area contributed by atoms with Crippen LogP contribution in [-0.2, 0) is 10.0 Å². The molecule has 0 atom stereocenters. The third-order valence-electron chi connectivity index (χ3n) is 2.77. The first-order valence-corrected chi connectivity index (χ1v) is 7.51. The first kappa shape index (κ1) is 12.8. The van der Waals surface area contributed by atoms with Crippen LogP contribution in [0, 0.1) is 0 Å². The van der Waals surface area contributed by atoms with Gasteiger partial charge in [0.05, 0.1) is 0 Å². The molecular weight excluding hydrogens is 306 g/mol. The fraction of sp³-hybridized carbons (Fsp3) is 0.500. The molecule has 1 aromatic heterocycles. The van der Waals surface area contributed by atoms with Gasteiger partial charge >= 0.3 is 0 Å². The average molecular weight is 320 g/mol. The van der Waals surface area contributed by atoms with Gasteiger partial charge < -0.3 is 5.32 Å². The molecule has 0 saturated heterocycles. The van der Waals surface area contributed by atoms with Gasteiger partial charge in [0.15, 0.2) is 0 Å². The third-order valence-corrected chi connectivity index (χ3v) is 5.13. The summed E-state index contributed by atoms with van der Waals surface area (Å²) in [5.74, 6) is 0.376. The molecule has 1 saturated carbocycles. The predicted octanol–water partition coefficient (Wildman–Crippen LogP) is 1.67. The maximum Gasteiger partial charge on any atom is 0.246 e.